The molecule has 5 nitrogen and oxygen atoms in total. The first-order chi connectivity index (χ1) is 13.5. The van der Waals surface area contributed by atoms with E-state index < -0.39 is 0 Å². The maximum Gasteiger partial charge on any atom is 0.255 e. The number of rotatable bonds is 3. The smallest absolute Gasteiger partial charge is 0.255 e. The number of aromatic nitrogens is 2. The molecule has 0 saturated carbocycles. The van der Waals surface area contributed by atoms with Crippen LogP contribution in [0.5, 0.6) is 0 Å². The SMILES string of the molecule is Cl.O=C(c1ccc(Cl)cc1Cl)N1CCN(c2nccn2-c2ccccc2F)CC1. The van der Waals surface area contributed by atoms with Gasteiger partial charge in [0.1, 0.15) is 5.82 Å². The maximum atomic E-state index is 14.2. The van der Waals surface area contributed by atoms with Crippen LogP contribution in [0, 0.1) is 5.82 Å². The van der Waals surface area contributed by atoms with Crippen molar-refractivity contribution in [3.05, 3.63) is 76.3 Å². The van der Waals surface area contributed by atoms with Gasteiger partial charge in [-0.3, -0.25) is 9.36 Å². The van der Waals surface area contributed by atoms with Gasteiger partial charge in [0, 0.05) is 43.6 Å². The summed E-state index contributed by atoms with van der Waals surface area (Å²) >= 11 is 12.1. The first-order valence-corrected chi connectivity index (χ1v) is 9.58. The van der Waals surface area contributed by atoms with E-state index in [1.807, 2.05) is 4.90 Å². The van der Waals surface area contributed by atoms with E-state index in [1.165, 1.54) is 6.07 Å². The van der Waals surface area contributed by atoms with Gasteiger partial charge >= 0.3 is 0 Å². The molecular formula is C20H18Cl3FN4O. The van der Waals surface area contributed by atoms with Gasteiger partial charge in [-0.1, -0.05) is 35.3 Å². The maximum absolute atomic E-state index is 14.2. The van der Waals surface area contributed by atoms with Crippen LogP contribution >= 0.6 is 35.6 Å². The fraction of sp³-hybridized carbons (Fsp3) is 0.200. The number of imidazole rings is 1. The number of anilines is 1. The normalized spacial score (nSPS) is 13.9. The molecule has 1 aliphatic heterocycles. The molecule has 1 aromatic heterocycles. The predicted octanol–water partition coefficient (Wildman–Crippen LogP) is 4.70. The Morgan fingerprint density at radius 3 is 2.45 bits per heavy atom. The van der Waals surface area contributed by atoms with Crippen LogP contribution in [0.25, 0.3) is 5.69 Å². The summed E-state index contributed by atoms with van der Waals surface area (Å²) in [5.41, 5.74) is 0.883. The number of hydrogen-bond donors (Lipinski definition) is 0. The molecule has 0 unspecified atom stereocenters. The number of carbonyl (C=O) groups excluding carboxylic acids is 1. The molecule has 2 aromatic carbocycles. The number of carbonyl (C=O) groups is 1. The lowest BCUT2D eigenvalue weighted by Gasteiger charge is -2.35. The third-order valence-electron chi connectivity index (χ3n) is 4.74. The molecule has 0 radical (unpaired) electrons. The molecule has 0 aliphatic carbocycles. The summed E-state index contributed by atoms with van der Waals surface area (Å²) in [6, 6.07) is 11.4. The van der Waals surface area contributed by atoms with Crippen LogP contribution in [0.2, 0.25) is 10.0 Å². The Hall–Kier alpha value is -2.28. The van der Waals surface area contributed by atoms with Gasteiger partial charge in [-0.05, 0) is 30.3 Å². The molecule has 1 amide bonds. The van der Waals surface area contributed by atoms with E-state index in [-0.39, 0.29) is 24.1 Å². The molecule has 4 rings (SSSR count). The zero-order valence-corrected chi connectivity index (χ0v) is 17.6. The second kappa shape index (κ2) is 9.03. The number of amides is 1. The Labute approximate surface area is 184 Å². The van der Waals surface area contributed by atoms with Crippen LogP contribution in [-0.2, 0) is 0 Å². The molecule has 1 aliphatic rings. The van der Waals surface area contributed by atoms with Gasteiger partial charge in [0.25, 0.3) is 5.91 Å². The van der Waals surface area contributed by atoms with Crippen LogP contribution < -0.4 is 4.90 Å². The van der Waals surface area contributed by atoms with Crippen molar-refractivity contribution in [3.8, 4) is 5.69 Å². The van der Waals surface area contributed by atoms with E-state index in [4.69, 9.17) is 23.2 Å². The standard InChI is InChI=1S/C20H17Cl2FN4O.ClH/c21-14-5-6-15(16(22)13-14)19(28)25-9-11-26(12-10-25)20-24-7-8-27(20)18-4-2-1-3-17(18)23;/h1-8,13H,9-12H2;1H. The van der Waals surface area contributed by atoms with Gasteiger partial charge in [0.05, 0.1) is 16.3 Å². The lowest BCUT2D eigenvalue weighted by Crippen LogP contribution is -2.49. The van der Waals surface area contributed by atoms with Crippen molar-refractivity contribution in [2.24, 2.45) is 0 Å². The van der Waals surface area contributed by atoms with Crippen molar-refractivity contribution in [1.82, 2.24) is 14.5 Å². The highest BCUT2D eigenvalue weighted by molar-refractivity contribution is 6.36. The summed E-state index contributed by atoms with van der Waals surface area (Å²) in [5, 5.41) is 0.835. The second-order valence-corrected chi connectivity index (χ2v) is 7.30. The monoisotopic (exact) mass is 454 g/mol. The fourth-order valence-corrected chi connectivity index (χ4v) is 3.80. The van der Waals surface area contributed by atoms with Crippen molar-refractivity contribution in [3.63, 3.8) is 0 Å². The van der Waals surface area contributed by atoms with Gasteiger partial charge in [-0.15, -0.1) is 12.4 Å². The van der Waals surface area contributed by atoms with Crippen molar-refractivity contribution in [2.75, 3.05) is 31.1 Å². The minimum atomic E-state index is -0.312. The Morgan fingerprint density at radius 1 is 1.03 bits per heavy atom. The summed E-state index contributed by atoms with van der Waals surface area (Å²) < 4.78 is 15.9. The molecule has 2 heterocycles. The first kappa shape index (κ1) is 21.4. The number of para-hydroxylation sites is 1. The summed E-state index contributed by atoms with van der Waals surface area (Å²) in [6.07, 6.45) is 3.38. The molecular weight excluding hydrogens is 438 g/mol. The molecule has 29 heavy (non-hydrogen) atoms. The van der Waals surface area contributed by atoms with E-state index in [0.717, 1.165) is 0 Å². The van der Waals surface area contributed by atoms with Crippen LogP contribution in [0.1, 0.15) is 10.4 Å². The molecule has 9 heteroatoms. The second-order valence-electron chi connectivity index (χ2n) is 6.45. The zero-order valence-electron chi connectivity index (χ0n) is 15.3. The van der Waals surface area contributed by atoms with Crippen LogP contribution in [0.3, 0.4) is 0 Å². The average Bonchev–Trinajstić information content (AvgIpc) is 3.17. The third-order valence-corrected chi connectivity index (χ3v) is 5.29. The predicted molar refractivity (Wildman–Crippen MR) is 115 cm³/mol. The van der Waals surface area contributed by atoms with E-state index in [9.17, 15) is 9.18 Å². The highest BCUT2D eigenvalue weighted by Gasteiger charge is 2.26. The highest BCUT2D eigenvalue weighted by Crippen LogP contribution is 2.25. The van der Waals surface area contributed by atoms with Gasteiger partial charge in [-0.25, -0.2) is 9.37 Å². The lowest BCUT2D eigenvalue weighted by molar-refractivity contribution is 0.0746. The molecule has 0 N–H and O–H groups in total. The Kier molecular flexibility index (Phi) is 6.67. The third kappa shape index (κ3) is 4.34. The Morgan fingerprint density at radius 2 is 1.76 bits per heavy atom. The van der Waals surface area contributed by atoms with Crippen molar-refractivity contribution in [1.29, 1.82) is 0 Å². The van der Waals surface area contributed by atoms with Crippen LogP contribution in [0.4, 0.5) is 10.3 Å². The van der Waals surface area contributed by atoms with E-state index in [2.05, 4.69) is 4.98 Å². The molecule has 0 spiro atoms. The van der Waals surface area contributed by atoms with E-state index in [1.54, 1.807) is 58.3 Å². The summed E-state index contributed by atoms with van der Waals surface area (Å²) in [4.78, 5) is 21.0. The number of piperazine rings is 1. The fourth-order valence-electron chi connectivity index (χ4n) is 3.31. The van der Waals surface area contributed by atoms with Crippen molar-refractivity contribution < 1.29 is 9.18 Å². The number of halogens is 4. The highest BCUT2D eigenvalue weighted by atomic mass is 35.5. The Balaban J connectivity index is 0.00000240. The first-order valence-electron chi connectivity index (χ1n) is 8.82. The molecule has 0 bridgehead atoms. The largest absolute Gasteiger partial charge is 0.338 e. The van der Waals surface area contributed by atoms with Gasteiger partial charge in [0.15, 0.2) is 0 Å². The minimum Gasteiger partial charge on any atom is -0.338 e. The van der Waals surface area contributed by atoms with Gasteiger partial charge < -0.3 is 9.80 Å². The number of hydrogen-bond acceptors (Lipinski definition) is 3. The summed E-state index contributed by atoms with van der Waals surface area (Å²) in [7, 11) is 0. The van der Waals surface area contributed by atoms with Crippen molar-refractivity contribution in [2.45, 2.75) is 0 Å². The lowest BCUT2D eigenvalue weighted by atomic mass is 10.2. The van der Waals surface area contributed by atoms with Gasteiger partial charge in [-0.2, -0.15) is 0 Å². The minimum absolute atomic E-state index is 0. The topological polar surface area (TPSA) is 41.4 Å². The molecule has 1 fully saturated rings. The molecule has 1 saturated heterocycles. The summed E-state index contributed by atoms with van der Waals surface area (Å²) in [5.74, 6) is 0.216. The molecule has 3 aromatic rings. The quantitative estimate of drug-likeness (QED) is 0.575. The molecule has 0 atom stereocenters. The number of benzene rings is 2. The zero-order chi connectivity index (χ0) is 19.7. The van der Waals surface area contributed by atoms with E-state index in [0.29, 0.717) is 53.4 Å². The number of nitrogens with zero attached hydrogens (tertiary/aromatic N) is 4. The van der Waals surface area contributed by atoms with E-state index >= 15 is 0 Å². The Bertz CT molecular complexity index is 1020. The summed E-state index contributed by atoms with van der Waals surface area (Å²) in [6.45, 7) is 2.20. The van der Waals surface area contributed by atoms with Gasteiger partial charge in [0.2, 0.25) is 5.95 Å². The molecule has 152 valence electrons. The van der Waals surface area contributed by atoms with Crippen LogP contribution in [0.15, 0.2) is 54.9 Å². The average molecular weight is 456 g/mol. The van der Waals surface area contributed by atoms with Crippen LogP contribution in [-0.4, -0.2) is 46.5 Å². The van der Waals surface area contributed by atoms with Crippen molar-refractivity contribution >= 4 is 47.5 Å².